The van der Waals surface area contributed by atoms with E-state index in [4.69, 9.17) is 0 Å². The maximum absolute atomic E-state index is 13.8. The molecule has 9 heteroatoms. The van der Waals surface area contributed by atoms with Crippen molar-refractivity contribution in [3.05, 3.63) is 53.8 Å². The lowest BCUT2D eigenvalue weighted by Gasteiger charge is -2.10. The van der Waals surface area contributed by atoms with Gasteiger partial charge in [-0.15, -0.1) is 0 Å². The second-order valence-corrected chi connectivity index (χ2v) is 6.61. The zero-order valence-electron chi connectivity index (χ0n) is 12.6. The number of nitrogens with one attached hydrogen (secondary N) is 2. The fourth-order valence-corrected chi connectivity index (χ4v) is 2.65. The molecular formula is C15H15F3N2O3S. The molecular weight excluding hydrogens is 345 g/mol. The van der Waals surface area contributed by atoms with Crippen molar-refractivity contribution < 1.29 is 26.3 Å². The van der Waals surface area contributed by atoms with E-state index in [0.717, 1.165) is 11.6 Å². The molecule has 2 rings (SSSR count). The van der Waals surface area contributed by atoms with Crippen LogP contribution in [0.4, 0.5) is 18.9 Å². The zero-order valence-corrected chi connectivity index (χ0v) is 13.4. The number of hydrogen-bond acceptors (Lipinski definition) is 4. The number of sulfonamides is 1. The highest BCUT2D eigenvalue weighted by Gasteiger charge is 2.11. The molecule has 0 bridgehead atoms. The number of rotatable bonds is 7. The molecule has 0 saturated carbocycles. The minimum Gasteiger partial charge on any atom is -0.435 e. The van der Waals surface area contributed by atoms with Crippen LogP contribution in [0.15, 0.2) is 47.4 Å². The average Bonchev–Trinajstić information content (AvgIpc) is 2.54. The van der Waals surface area contributed by atoms with Gasteiger partial charge in [-0.1, -0.05) is 12.1 Å². The smallest absolute Gasteiger partial charge is 0.387 e. The second kappa shape index (κ2) is 7.54. The van der Waals surface area contributed by atoms with Gasteiger partial charge in [-0.25, -0.2) is 17.5 Å². The summed E-state index contributed by atoms with van der Waals surface area (Å²) >= 11 is 0. The van der Waals surface area contributed by atoms with E-state index in [9.17, 15) is 21.6 Å². The van der Waals surface area contributed by atoms with E-state index in [1.807, 2.05) is 0 Å². The van der Waals surface area contributed by atoms with Crippen molar-refractivity contribution in [2.75, 3.05) is 12.4 Å². The number of anilines is 1. The molecule has 0 radical (unpaired) electrons. The Hall–Kier alpha value is -2.26. The zero-order chi connectivity index (χ0) is 17.7. The summed E-state index contributed by atoms with van der Waals surface area (Å²) in [6, 6.07) is 9.40. The van der Waals surface area contributed by atoms with E-state index < -0.39 is 22.5 Å². The van der Waals surface area contributed by atoms with E-state index in [-0.39, 0.29) is 22.9 Å². The van der Waals surface area contributed by atoms with Gasteiger partial charge in [-0.3, -0.25) is 0 Å². The van der Waals surface area contributed by atoms with Crippen molar-refractivity contribution in [2.24, 2.45) is 0 Å². The van der Waals surface area contributed by atoms with E-state index >= 15 is 0 Å². The second-order valence-electron chi connectivity index (χ2n) is 4.73. The molecule has 0 aliphatic rings. The first-order valence-corrected chi connectivity index (χ1v) is 8.31. The summed E-state index contributed by atoms with van der Waals surface area (Å²) in [5.41, 5.74) is 0.834. The van der Waals surface area contributed by atoms with Crippen LogP contribution in [0.2, 0.25) is 0 Å². The van der Waals surface area contributed by atoms with Crippen molar-refractivity contribution in [2.45, 2.75) is 18.1 Å². The summed E-state index contributed by atoms with van der Waals surface area (Å²) in [6.07, 6.45) is 0. The maximum atomic E-state index is 13.8. The monoisotopic (exact) mass is 360 g/mol. The Morgan fingerprint density at radius 3 is 2.33 bits per heavy atom. The molecule has 0 atom stereocenters. The molecule has 0 aliphatic heterocycles. The highest BCUT2D eigenvalue weighted by Crippen LogP contribution is 2.22. The number of benzene rings is 2. The van der Waals surface area contributed by atoms with Crippen LogP contribution in [0.25, 0.3) is 0 Å². The van der Waals surface area contributed by atoms with E-state index in [0.29, 0.717) is 0 Å². The minimum atomic E-state index is -3.51. The van der Waals surface area contributed by atoms with Crippen LogP contribution in [-0.4, -0.2) is 22.1 Å². The lowest BCUT2D eigenvalue weighted by molar-refractivity contribution is -0.0499. The maximum Gasteiger partial charge on any atom is 0.387 e. The number of alkyl halides is 2. The standard InChI is InChI=1S/C15H15F3N2O3S/c1-19-24(21,22)12-5-2-10(3-6-12)9-20-14-7-4-11(8-13(14)16)23-15(17)18/h2-8,15,19-20H,9H2,1H3. The topological polar surface area (TPSA) is 67.4 Å². The first-order chi connectivity index (χ1) is 11.3. The van der Waals surface area contributed by atoms with Gasteiger partial charge in [0.25, 0.3) is 0 Å². The molecule has 0 saturated heterocycles. The highest BCUT2D eigenvalue weighted by molar-refractivity contribution is 7.89. The molecule has 0 amide bonds. The number of hydrogen-bond donors (Lipinski definition) is 2. The van der Waals surface area contributed by atoms with Crippen LogP contribution in [-0.2, 0) is 16.6 Å². The van der Waals surface area contributed by atoms with Crippen LogP contribution in [0, 0.1) is 5.82 Å². The SMILES string of the molecule is CNS(=O)(=O)c1ccc(CNc2ccc(OC(F)F)cc2F)cc1. The highest BCUT2D eigenvalue weighted by atomic mass is 32.2. The van der Waals surface area contributed by atoms with Crippen molar-refractivity contribution in [1.29, 1.82) is 0 Å². The Morgan fingerprint density at radius 2 is 1.79 bits per heavy atom. The van der Waals surface area contributed by atoms with Crippen LogP contribution >= 0.6 is 0 Å². The quantitative estimate of drug-likeness (QED) is 0.797. The molecule has 0 unspecified atom stereocenters. The fraction of sp³-hybridized carbons (Fsp3) is 0.200. The summed E-state index contributed by atoms with van der Waals surface area (Å²) in [5, 5.41) is 2.80. The first kappa shape index (κ1) is 18.1. The molecule has 0 heterocycles. The fourth-order valence-electron chi connectivity index (χ4n) is 1.92. The summed E-state index contributed by atoms with van der Waals surface area (Å²) < 4.78 is 67.4. The van der Waals surface area contributed by atoms with Crippen LogP contribution in [0.3, 0.4) is 0 Å². The summed E-state index contributed by atoms with van der Waals surface area (Å²) in [4.78, 5) is 0.119. The largest absolute Gasteiger partial charge is 0.435 e. The Labute approximate surface area is 137 Å². The van der Waals surface area contributed by atoms with Crippen molar-refractivity contribution in [3.63, 3.8) is 0 Å². The van der Waals surface area contributed by atoms with Crippen molar-refractivity contribution in [3.8, 4) is 5.75 Å². The van der Waals surface area contributed by atoms with Crippen LogP contribution in [0.1, 0.15) is 5.56 Å². The predicted octanol–water partition coefficient (Wildman–Crippen LogP) is 2.95. The molecule has 2 aromatic rings. The van der Waals surface area contributed by atoms with Crippen LogP contribution in [0.5, 0.6) is 5.75 Å². The summed E-state index contributed by atoms with van der Waals surface area (Å²) in [7, 11) is -2.19. The number of halogens is 3. The van der Waals surface area contributed by atoms with E-state index in [1.54, 1.807) is 12.1 Å². The lowest BCUT2D eigenvalue weighted by atomic mass is 10.2. The predicted molar refractivity (Wildman–Crippen MR) is 83.0 cm³/mol. The Balaban J connectivity index is 2.03. The summed E-state index contributed by atoms with van der Waals surface area (Å²) in [6.45, 7) is -2.79. The van der Waals surface area contributed by atoms with Gasteiger partial charge in [-0.2, -0.15) is 8.78 Å². The molecule has 0 spiro atoms. The molecule has 2 N–H and O–H groups in total. The van der Waals surface area contributed by atoms with Gasteiger partial charge >= 0.3 is 6.61 Å². The third-order valence-electron chi connectivity index (χ3n) is 3.15. The first-order valence-electron chi connectivity index (χ1n) is 6.82. The van der Waals surface area contributed by atoms with Crippen molar-refractivity contribution in [1.82, 2.24) is 4.72 Å². The Bertz CT molecular complexity index is 796. The molecule has 0 aromatic heterocycles. The summed E-state index contributed by atoms with van der Waals surface area (Å²) in [5.74, 6) is -1.00. The Morgan fingerprint density at radius 1 is 1.12 bits per heavy atom. The van der Waals surface area contributed by atoms with E-state index in [2.05, 4.69) is 14.8 Å². The molecule has 5 nitrogen and oxygen atoms in total. The van der Waals surface area contributed by atoms with Gasteiger partial charge in [0.2, 0.25) is 10.0 Å². The van der Waals surface area contributed by atoms with Gasteiger partial charge < -0.3 is 10.1 Å². The Kier molecular flexibility index (Phi) is 5.68. The molecule has 24 heavy (non-hydrogen) atoms. The molecule has 2 aromatic carbocycles. The molecule has 130 valence electrons. The van der Waals surface area contributed by atoms with Crippen molar-refractivity contribution >= 4 is 15.7 Å². The lowest BCUT2D eigenvalue weighted by Crippen LogP contribution is -2.18. The average molecular weight is 360 g/mol. The van der Waals surface area contributed by atoms with Gasteiger partial charge in [-0.05, 0) is 36.9 Å². The molecule has 0 aliphatic carbocycles. The third kappa shape index (κ3) is 4.62. The molecule has 0 fully saturated rings. The normalized spacial score (nSPS) is 11.5. The van der Waals surface area contributed by atoms with Gasteiger partial charge in [0.05, 0.1) is 10.6 Å². The minimum absolute atomic E-state index is 0.114. The van der Waals surface area contributed by atoms with Gasteiger partial charge in [0.1, 0.15) is 11.6 Å². The van der Waals surface area contributed by atoms with Gasteiger partial charge in [0.15, 0.2) is 0 Å². The van der Waals surface area contributed by atoms with E-state index in [1.165, 1.54) is 31.3 Å². The van der Waals surface area contributed by atoms with Gasteiger partial charge in [0, 0.05) is 12.6 Å². The number of ether oxygens (including phenoxy) is 1. The van der Waals surface area contributed by atoms with Crippen LogP contribution < -0.4 is 14.8 Å². The third-order valence-corrected chi connectivity index (χ3v) is 4.58.